The van der Waals surface area contributed by atoms with Crippen molar-refractivity contribution in [2.24, 2.45) is 0 Å². The number of nitrogens with zero attached hydrogens (tertiary/aromatic N) is 2. The first-order valence-corrected chi connectivity index (χ1v) is 7.13. The van der Waals surface area contributed by atoms with Crippen LogP contribution in [0.1, 0.15) is 16.6 Å². The van der Waals surface area contributed by atoms with Crippen molar-refractivity contribution >= 4 is 27.3 Å². The number of rotatable bonds is 5. The van der Waals surface area contributed by atoms with Crippen molar-refractivity contribution in [3.05, 3.63) is 38.6 Å². The molecule has 2 aromatic heterocycles. The summed E-state index contributed by atoms with van der Waals surface area (Å²) in [4.78, 5) is 1.30. The lowest BCUT2D eigenvalue weighted by Gasteiger charge is -2.14. The molecule has 0 radical (unpaired) electrons. The Hall–Kier alpha value is -0.980. The maximum atomic E-state index is 5.01. The third-order valence-electron chi connectivity index (χ3n) is 2.61. The highest BCUT2D eigenvalue weighted by Crippen LogP contribution is 2.26. The molecule has 0 saturated heterocycles. The topological polar surface area (TPSA) is 47.0 Å². The zero-order valence-corrected chi connectivity index (χ0v) is 12.6. The molecule has 0 saturated carbocycles. The van der Waals surface area contributed by atoms with Crippen molar-refractivity contribution in [1.29, 1.82) is 0 Å². The predicted octanol–water partition coefficient (Wildman–Crippen LogP) is 2.81. The zero-order chi connectivity index (χ0) is 13.0. The molecule has 0 amide bonds. The van der Waals surface area contributed by atoms with Crippen LogP contribution >= 0.6 is 27.3 Å². The van der Waals surface area contributed by atoms with E-state index in [2.05, 4.69) is 43.6 Å². The SMILES string of the molecule is CNC(Cc1ccc(Br)s1)c1ccc(OC)nn1. The standard InChI is InChI=1S/C12H14BrN3OS/c1-14-10(7-8-3-5-11(13)18-8)9-4-6-12(17-2)16-15-9/h3-6,10,14H,7H2,1-2H3. The zero-order valence-electron chi connectivity index (χ0n) is 10.2. The number of nitrogens with one attached hydrogen (secondary N) is 1. The molecule has 96 valence electrons. The second kappa shape index (κ2) is 6.26. The van der Waals surface area contributed by atoms with Crippen LogP contribution in [0.4, 0.5) is 0 Å². The van der Waals surface area contributed by atoms with E-state index in [9.17, 15) is 0 Å². The highest BCUT2D eigenvalue weighted by Gasteiger charge is 2.13. The quantitative estimate of drug-likeness (QED) is 0.917. The van der Waals surface area contributed by atoms with Gasteiger partial charge < -0.3 is 10.1 Å². The number of hydrogen-bond donors (Lipinski definition) is 1. The number of likely N-dealkylation sites (N-methyl/N-ethyl adjacent to an activating group) is 1. The van der Waals surface area contributed by atoms with Gasteiger partial charge in [-0.3, -0.25) is 0 Å². The molecule has 0 bridgehead atoms. The molecule has 1 N–H and O–H groups in total. The minimum absolute atomic E-state index is 0.161. The molecule has 0 aliphatic rings. The number of methoxy groups -OCH3 is 1. The summed E-state index contributed by atoms with van der Waals surface area (Å²) < 4.78 is 6.15. The van der Waals surface area contributed by atoms with Gasteiger partial charge in [0.25, 0.3) is 0 Å². The van der Waals surface area contributed by atoms with E-state index in [0.29, 0.717) is 5.88 Å². The second-order valence-corrected chi connectivity index (χ2v) is 6.30. The van der Waals surface area contributed by atoms with Gasteiger partial charge in [0.1, 0.15) is 0 Å². The van der Waals surface area contributed by atoms with Crippen LogP contribution in [0.25, 0.3) is 0 Å². The minimum atomic E-state index is 0.161. The summed E-state index contributed by atoms with van der Waals surface area (Å²) in [5, 5.41) is 11.4. The van der Waals surface area contributed by atoms with Gasteiger partial charge in [0.05, 0.1) is 22.6 Å². The Balaban J connectivity index is 2.12. The highest BCUT2D eigenvalue weighted by atomic mass is 79.9. The van der Waals surface area contributed by atoms with Crippen LogP contribution in [0.2, 0.25) is 0 Å². The average Bonchev–Trinajstić information content (AvgIpc) is 2.82. The average molecular weight is 328 g/mol. The van der Waals surface area contributed by atoms with Gasteiger partial charge in [0.2, 0.25) is 5.88 Å². The lowest BCUT2D eigenvalue weighted by atomic mass is 10.1. The molecule has 1 atom stereocenters. The molecule has 0 aromatic carbocycles. The van der Waals surface area contributed by atoms with E-state index in [1.54, 1.807) is 18.4 Å². The highest BCUT2D eigenvalue weighted by molar-refractivity contribution is 9.11. The Morgan fingerprint density at radius 3 is 2.67 bits per heavy atom. The molecule has 2 heterocycles. The monoisotopic (exact) mass is 327 g/mol. The van der Waals surface area contributed by atoms with Crippen LogP contribution in [-0.4, -0.2) is 24.4 Å². The summed E-state index contributed by atoms with van der Waals surface area (Å²) in [5.74, 6) is 0.535. The van der Waals surface area contributed by atoms with Crippen molar-refractivity contribution < 1.29 is 4.74 Å². The summed E-state index contributed by atoms with van der Waals surface area (Å²) >= 11 is 5.21. The Kier molecular flexibility index (Phi) is 4.68. The minimum Gasteiger partial charge on any atom is -0.480 e. The van der Waals surface area contributed by atoms with E-state index in [1.165, 1.54) is 4.88 Å². The summed E-state index contributed by atoms with van der Waals surface area (Å²) in [5.41, 5.74) is 0.919. The first kappa shape index (κ1) is 13.5. The van der Waals surface area contributed by atoms with E-state index in [1.807, 2.05) is 19.2 Å². The van der Waals surface area contributed by atoms with E-state index < -0.39 is 0 Å². The summed E-state index contributed by atoms with van der Waals surface area (Å²) in [7, 11) is 3.52. The third-order valence-corrected chi connectivity index (χ3v) is 4.26. The molecule has 2 rings (SSSR count). The Morgan fingerprint density at radius 1 is 1.33 bits per heavy atom. The first-order valence-electron chi connectivity index (χ1n) is 5.52. The van der Waals surface area contributed by atoms with Crippen molar-refractivity contribution in [1.82, 2.24) is 15.5 Å². The number of halogens is 1. The maximum Gasteiger partial charge on any atom is 0.233 e. The fraction of sp³-hybridized carbons (Fsp3) is 0.333. The molecule has 0 spiro atoms. The number of hydrogen-bond acceptors (Lipinski definition) is 5. The smallest absolute Gasteiger partial charge is 0.233 e. The predicted molar refractivity (Wildman–Crippen MR) is 76.1 cm³/mol. The number of aromatic nitrogens is 2. The van der Waals surface area contributed by atoms with Gasteiger partial charge in [-0.05, 0) is 41.2 Å². The largest absolute Gasteiger partial charge is 0.480 e. The number of thiophene rings is 1. The van der Waals surface area contributed by atoms with E-state index in [-0.39, 0.29) is 6.04 Å². The fourth-order valence-electron chi connectivity index (χ4n) is 1.64. The van der Waals surface area contributed by atoms with Gasteiger partial charge in [-0.1, -0.05) is 0 Å². The molecule has 0 aliphatic carbocycles. The third kappa shape index (κ3) is 3.28. The van der Waals surface area contributed by atoms with Crippen LogP contribution in [-0.2, 0) is 6.42 Å². The van der Waals surface area contributed by atoms with Gasteiger partial charge in [0, 0.05) is 17.4 Å². The lowest BCUT2D eigenvalue weighted by molar-refractivity contribution is 0.389. The van der Waals surface area contributed by atoms with Crippen LogP contribution in [0.3, 0.4) is 0 Å². The summed E-state index contributed by atoms with van der Waals surface area (Å²) in [6.07, 6.45) is 0.897. The fourth-order valence-corrected chi connectivity index (χ4v) is 3.17. The molecule has 18 heavy (non-hydrogen) atoms. The number of ether oxygens (including phenoxy) is 1. The van der Waals surface area contributed by atoms with Crippen molar-refractivity contribution in [3.63, 3.8) is 0 Å². The van der Waals surface area contributed by atoms with Gasteiger partial charge in [-0.25, -0.2) is 0 Å². The van der Waals surface area contributed by atoms with Gasteiger partial charge in [-0.15, -0.1) is 16.4 Å². The van der Waals surface area contributed by atoms with E-state index >= 15 is 0 Å². The molecule has 0 fully saturated rings. The molecule has 6 heteroatoms. The Morgan fingerprint density at radius 2 is 2.17 bits per heavy atom. The normalized spacial score (nSPS) is 12.4. The van der Waals surface area contributed by atoms with Crippen molar-refractivity contribution in [3.8, 4) is 5.88 Å². The van der Waals surface area contributed by atoms with Gasteiger partial charge in [-0.2, -0.15) is 5.10 Å². The van der Waals surface area contributed by atoms with Crippen LogP contribution in [0.15, 0.2) is 28.1 Å². The second-order valence-electron chi connectivity index (χ2n) is 3.75. The van der Waals surface area contributed by atoms with Crippen LogP contribution in [0, 0.1) is 0 Å². The molecule has 0 aliphatic heterocycles. The molecule has 4 nitrogen and oxygen atoms in total. The van der Waals surface area contributed by atoms with Crippen molar-refractivity contribution in [2.45, 2.75) is 12.5 Å². The lowest BCUT2D eigenvalue weighted by Crippen LogP contribution is -2.20. The molecule has 2 aromatic rings. The van der Waals surface area contributed by atoms with Gasteiger partial charge in [0.15, 0.2) is 0 Å². The molecule has 1 unspecified atom stereocenters. The summed E-state index contributed by atoms with van der Waals surface area (Å²) in [6.45, 7) is 0. The molecular formula is C12H14BrN3OS. The van der Waals surface area contributed by atoms with Crippen LogP contribution in [0.5, 0.6) is 5.88 Å². The van der Waals surface area contributed by atoms with Gasteiger partial charge >= 0.3 is 0 Å². The maximum absolute atomic E-state index is 5.01. The first-order chi connectivity index (χ1) is 8.72. The summed E-state index contributed by atoms with van der Waals surface area (Å²) in [6, 6.07) is 8.11. The van der Waals surface area contributed by atoms with Crippen LogP contribution < -0.4 is 10.1 Å². The molecular weight excluding hydrogens is 314 g/mol. The van der Waals surface area contributed by atoms with E-state index in [4.69, 9.17) is 4.74 Å². The Bertz CT molecular complexity index is 500. The van der Waals surface area contributed by atoms with E-state index in [0.717, 1.165) is 15.9 Å². The van der Waals surface area contributed by atoms with Crippen molar-refractivity contribution in [2.75, 3.05) is 14.2 Å². The Labute approximate surface area is 119 Å².